The van der Waals surface area contributed by atoms with E-state index in [9.17, 15) is 9.59 Å². The van der Waals surface area contributed by atoms with Gasteiger partial charge >= 0.3 is 5.97 Å². The summed E-state index contributed by atoms with van der Waals surface area (Å²) in [5, 5.41) is 7.55. The van der Waals surface area contributed by atoms with Crippen molar-refractivity contribution in [1.29, 1.82) is 0 Å². The van der Waals surface area contributed by atoms with Crippen molar-refractivity contribution >= 4 is 17.5 Å². The molecule has 5 aromatic rings. The molecule has 0 saturated carbocycles. The molecule has 3 aromatic heterocycles. The van der Waals surface area contributed by atoms with Gasteiger partial charge in [0.25, 0.3) is 5.91 Å². The molecule has 0 radical (unpaired) electrons. The molecule has 9 nitrogen and oxygen atoms in total. The van der Waals surface area contributed by atoms with E-state index in [2.05, 4.69) is 21.5 Å². The van der Waals surface area contributed by atoms with E-state index in [-0.39, 0.29) is 12.3 Å². The molecule has 0 aliphatic heterocycles. The van der Waals surface area contributed by atoms with Crippen molar-refractivity contribution in [1.82, 2.24) is 24.5 Å². The summed E-state index contributed by atoms with van der Waals surface area (Å²) in [6, 6.07) is 20.2. The van der Waals surface area contributed by atoms with E-state index in [1.54, 1.807) is 37.6 Å². The third-order valence-electron chi connectivity index (χ3n) is 6.57. The van der Waals surface area contributed by atoms with Crippen molar-refractivity contribution in [3.05, 3.63) is 102 Å². The highest BCUT2D eigenvalue weighted by Gasteiger charge is 2.21. The third-order valence-corrected chi connectivity index (χ3v) is 6.57. The molecule has 0 bridgehead atoms. The summed E-state index contributed by atoms with van der Waals surface area (Å²) in [4.78, 5) is 29.9. The molecule has 0 spiro atoms. The molecule has 2 aromatic carbocycles. The number of carbonyl (C=O) groups is 2. The van der Waals surface area contributed by atoms with Gasteiger partial charge < -0.3 is 14.8 Å². The maximum atomic E-state index is 13.3. The second-order valence-electron chi connectivity index (χ2n) is 9.26. The van der Waals surface area contributed by atoms with E-state index >= 15 is 0 Å². The number of fused-ring (bicyclic) bond motifs is 1. The molecule has 198 valence electrons. The van der Waals surface area contributed by atoms with Crippen molar-refractivity contribution in [2.45, 2.75) is 26.3 Å². The summed E-state index contributed by atoms with van der Waals surface area (Å²) in [6.07, 6.45) is 3.59. The van der Waals surface area contributed by atoms with Crippen molar-refractivity contribution in [3.8, 4) is 22.7 Å². The zero-order chi connectivity index (χ0) is 27.5. The van der Waals surface area contributed by atoms with Crippen molar-refractivity contribution in [3.63, 3.8) is 0 Å². The normalized spacial score (nSPS) is 11.8. The monoisotopic (exact) mass is 523 g/mol. The SMILES string of the molecule is COC(=O)C[C@H](NC(=O)c1ccn2c(-c3cccc(-n4nc(C)cc4C)c3)cnc2c1)c1cccc(OC)c1. The first kappa shape index (κ1) is 25.7. The molecule has 1 N–H and O–H groups in total. The Morgan fingerprint density at radius 3 is 2.56 bits per heavy atom. The molecule has 0 unspecified atom stereocenters. The van der Waals surface area contributed by atoms with Crippen LogP contribution >= 0.6 is 0 Å². The highest BCUT2D eigenvalue weighted by molar-refractivity contribution is 5.95. The van der Waals surface area contributed by atoms with Crippen LogP contribution in [0.1, 0.15) is 39.8 Å². The van der Waals surface area contributed by atoms with Gasteiger partial charge in [0.15, 0.2) is 0 Å². The molecule has 0 saturated heterocycles. The van der Waals surface area contributed by atoms with Crippen molar-refractivity contribution < 1.29 is 19.1 Å². The van der Waals surface area contributed by atoms with Gasteiger partial charge in [0.05, 0.1) is 50.0 Å². The summed E-state index contributed by atoms with van der Waals surface area (Å²) in [7, 11) is 2.89. The average molecular weight is 524 g/mol. The Bertz CT molecular complexity index is 1670. The van der Waals surface area contributed by atoms with E-state index in [1.165, 1.54) is 7.11 Å². The van der Waals surface area contributed by atoms with Crippen LogP contribution in [0.25, 0.3) is 22.6 Å². The largest absolute Gasteiger partial charge is 0.497 e. The van der Waals surface area contributed by atoms with E-state index in [0.29, 0.717) is 17.0 Å². The Kier molecular flexibility index (Phi) is 7.14. The van der Waals surface area contributed by atoms with E-state index in [1.807, 2.05) is 65.5 Å². The van der Waals surface area contributed by atoms with Crippen LogP contribution in [-0.2, 0) is 9.53 Å². The lowest BCUT2D eigenvalue weighted by molar-refractivity contribution is -0.141. The fourth-order valence-corrected chi connectivity index (χ4v) is 4.62. The summed E-state index contributed by atoms with van der Waals surface area (Å²) >= 11 is 0. The number of nitrogens with zero attached hydrogens (tertiary/aromatic N) is 4. The Labute approximate surface area is 226 Å². The first-order valence-electron chi connectivity index (χ1n) is 12.5. The lowest BCUT2D eigenvalue weighted by Crippen LogP contribution is -2.30. The number of pyridine rings is 1. The zero-order valence-corrected chi connectivity index (χ0v) is 22.2. The molecule has 0 aliphatic carbocycles. The Hall–Kier alpha value is -4.92. The zero-order valence-electron chi connectivity index (χ0n) is 22.2. The lowest BCUT2D eigenvalue weighted by Gasteiger charge is -2.19. The number of amides is 1. The number of benzene rings is 2. The Balaban J connectivity index is 1.42. The Morgan fingerprint density at radius 1 is 1.00 bits per heavy atom. The lowest BCUT2D eigenvalue weighted by atomic mass is 10.0. The van der Waals surface area contributed by atoms with Gasteiger partial charge in [0.1, 0.15) is 11.4 Å². The summed E-state index contributed by atoms with van der Waals surface area (Å²) < 4.78 is 14.0. The van der Waals surface area contributed by atoms with Crippen LogP contribution < -0.4 is 10.1 Å². The van der Waals surface area contributed by atoms with Gasteiger partial charge in [-0.25, -0.2) is 9.67 Å². The number of aryl methyl sites for hydroxylation is 2. The maximum absolute atomic E-state index is 13.3. The summed E-state index contributed by atoms with van der Waals surface area (Å²) in [5.41, 5.74) is 6.62. The molecule has 39 heavy (non-hydrogen) atoms. The van der Waals surface area contributed by atoms with Crippen LogP contribution in [0.5, 0.6) is 5.75 Å². The number of hydrogen-bond donors (Lipinski definition) is 1. The topological polar surface area (TPSA) is 99.8 Å². The van der Waals surface area contributed by atoms with Gasteiger partial charge in [-0.15, -0.1) is 0 Å². The van der Waals surface area contributed by atoms with Gasteiger partial charge in [0.2, 0.25) is 0 Å². The predicted octanol–water partition coefficient (Wildman–Crippen LogP) is 4.85. The molecular weight excluding hydrogens is 494 g/mol. The van der Waals surface area contributed by atoms with Gasteiger partial charge in [-0.2, -0.15) is 5.10 Å². The maximum Gasteiger partial charge on any atom is 0.307 e. The molecule has 5 rings (SSSR count). The summed E-state index contributed by atoms with van der Waals surface area (Å²) in [5.74, 6) is -0.130. The Morgan fingerprint density at radius 2 is 1.82 bits per heavy atom. The standard InChI is InChI=1S/C30H29N5O4/c1-19-13-20(2)35(33-19)24-9-5-8-22(14-24)27-18-31-28-16-23(11-12-34(27)28)30(37)32-26(17-29(36)39-4)21-7-6-10-25(15-21)38-3/h5-16,18,26H,17H2,1-4H3,(H,32,37)/t26-/m0/s1. The molecular formula is C30H29N5O4. The molecule has 1 amide bonds. The molecule has 9 heteroatoms. The fourth-order valence-electron chi connectivity index (χ4n) is 4.62. The minimum absolute atomic E-state index is 0.0171. The number of esters is 1. The predicted molar refractivity (Wildman–Crippen MR) is 147 cm³/mol. The van der Waals surface area contributed by atoms with E-state index in [4.69, 9.17) is 9.47 Å². The van der Waals surface area contributed by atoms with Crippen LogP contribution in [0.4, 0.5) is 0 Å². The second-order valence-corrected chi connectivity index (χ2v) is 9.26. The van der Waals surface area contributed by atoms with E-state index in [0.717, 1.165) is 33.9 Å². The average Bonchev–Trinajstić information content (AvgIpc) is 3.54. The fraction of sp³-hybridized carbons (Fsp3) is 0.200. The highest BCUT2D eigenvalue weighted by Crippen LogP contribution is 2.26. The molecule has 3 heterocycles. The number of nitrogens with one attached hydrogen (secondary N) is 1. The highest BCUT2D eigenvalue weighted by atomic mass is 16.5. The van der Waals surface area contributed by atoms with Crippen LogP contribution in [0.15, 0.2) is 79.1 Å². The van der Waals surface area contributed by atoms with Gasteiger partial charge in [0, 0.05) is 23.0 Å². The van der Waals surface area contributed by atoms with Crippen LogP contribution in [0.2, 0.25) is 0 Å². The minimum Gasteiger partial charge on any atom is -0.497 e. The smallest absolute Gasteiger partial charge is 0.307 e. The van der Waals surface area contributed by atoms with Gasteiger partial charge in [-0.3, -0.25) is 14.0 Å². The number of hydrogen-bond acceptors (Lipinski definition) is 6. The number of aromatic nitrogens is 4. The minimum atomic E-state index is -0.594. The van der Waals surface area contributed by atoms with Gasteiger partial charge in [-0.1, -0.05) is 24.3 Å². The van der Waals surface area contributed by atoms with Gasteiger partial charge in [-0.05, 0) is 61.9 Å². The number of rotatable bonds is 8. The van der Waals surface area contributed by atoms with Crippen LogP contribution in [0.3, 0.4) is 0 Å². The molecule has 1 atom stereocenters. The first-order chi connectivity index (χ1) is 18.9. The second kappa shape index (κ2) is 10.8. The van der Waals surface area contributed by atoms with Crippen molar-refractivity contribution in [2.75, 3.05) is 14.2 Å². The quantitative estimate of drug-likeness (QED) is 0.292. The molecule has 0 aliphatic rings. The number of methoxy groups -OCH3 is 2. The summed E-state index contributed by atoms with van der Waals surface area (Å²) in [6.45, 7) is 4.00. The first-order valence-corrected chi connectivity index (χ1v) is 12.5. The third kappa shape index (κ3) is 5.38. The van der Waals surface area contributed by atoms with Crippen LogP contribution in [0, 0.1) is 13.8 Å². The van der Waals surface area contributed by atoms with E-state index < -0.39 is 12.0 Å². The number of carbonyl (C=O) groups excluding carboxylic acids is 2. The number of imidazole rings is 1. The number of ether oxygens (including phenoxy) is 2. The molecule has 0 fully saturated rings. The van der Waals surface area contributed by atoms with Crippen LogP contribution in [-0.4, -0.2) is 45.3 Å². The van der Waals surface area contributed by atoms with Crippen molar-refractivity contribution in [2.24, 2.45) is 0 Å².